The number of benzene rings is 1. The lowest BCUT2D eigenvalue weighted by atomic mass is 9.72. The first-order valence-corrected chi connectivity index (χ1v) is 20.7. The number of piperidine rings is 1. The topological polar surface area (TPSA) is 145 Å². The van der Waals surface area contributed by atoms with Gasteiger partial charge in [-0.2, -0.15) is 0 Å². The van der Waals surface area contributed by atoms with E-state index in [1.165, 1.54) is 4.90 Å². The Bertz CT molecular complexity index is 1830. The van der Waals surface area contributed by atoms with Gasteiger partial charge in [0.15, 0.2) is 11.6 Å². The van der Waals surface area contributed by atoms with Crippen molar-refractivity contribution in [2.24, 2.45) is 17.3 Å². The molecular formula is C41H57N7O6S. The number of anilines is 1. The first-order chi connectivity index (χ1) is 26.1. The Balaban J connectivity index is 0.903. The molecule has 2 N–H and O–H groups in total. The molecular weight excluding hydrogens is 719 g/mol. The van der Waals surface area contributed by atoms with Gasteiger partial charge < -0.3 is 39.3 Å². The van der Waals surface area contributed by atoms with E-state index in [-0.39, 0.29) is 48.2 Å². The molecule has 3 amide bonds. The monoisotopic (exact) mass is 775 g/mol. The van der Waals surface area contributed by atoms with Crippen LogP contribution >= 0.6 is 11.3 Å². The number of nitrogens with one attached hydrogen (secondary N) is 1. The van der Waals surface area contributed by atoms with E-state index in [0.29, 0.717) is 11.7 Å². The second-order valence-electron chi connectivity index (χ2n) is 17.8. The van der Waals surface area contributed by atoms with E-state index < -0.39 is 23.7 Å². The van der Waals surface area contributed by atoms with E-state index in [1.54, 1.807) is 11.3 Å². The van der Waals surface area contributed by atoms with E-state index in [1.807, 2.05) is 89.2 Å². The maximum atomic E-state index is 14.2. The average Bonchev–Trinajstić information content (AvgIpc) is 3.85. The van der Waals surface area contributed by atoms with Crippen LogP contribution < -0.4 is 10.2 Å². The van der Waals surface area contributed by atoms with Crippen molar-refractivity contribution in [3.63, 3.8) is 0 Å². The fourth-order valence-electron chi connectivity index (χ4n) is 8.84. The lowest BCUT2D eigenvalue weighted by Crippen LogP contribution is -2.72. The molecule has 1 spiro atoms. The number of aromatic nitrogens is 2. The number of amides is 3. The molecule has 0 unspecified atom stereocenters. The number of hydrogen-bond acceptors (Lipinski definition) is 11. The molecule has 3 aromatic rings. The number of thiazole rings is 1. The summed E-state index contributed by atoms with van der Waals surface area (Å²) in [6.07, 6.45) is 1.17. The van der Waals surface area contributed by atoms with Gasteiger partial charge in [-0.15, -0.1) is 11.3 Å². The van der Waals surface area contributed by atoms with Crippen LogP contribution in [-0.4, -0.2) is 118 Å². The Kier molecular flexibility index (Phi) is 11.1. The summed E-state index contributed by atoms with van der Waals surface area (Å²) in [6, 6.07) is 8.88. The molecule has 7 rings (SSSR count). The lowest BCUT2D eigenvalue weighted by Gasteiger charge is -2.61. The minimum Gasteiger partial charge on any atom is -0.444 e. The molecule has 0 saturated carbocycles. The predicted molar refractivity (Wildman–Crippen MR) is 211 cm³/mol. The SMILES string of the molecule is Cc1ncsc1-c1ccc([C@H](C)NC(=O)[C@@H]2C[C@@H](O)CN2C(=O)[C@H](c2cc(N3CC4(CN(CC5CCN(C(=O)OC(C)(C)C)CC5)C4)C3)no2)C(C)C)cc1. The Morgan fingerprint density at radius 1 is 1.07 bits per heavy atom. The van der Waals surface area contributed by atoms with Gasteiger partial charge in [0.2, 0.25) is 11.8 Å². The van der Waals surface area contributed by atoms with Gasteiger partial charge >= 0.3 is 6.09 Å². The fraction of sp³-hybridized carbons (Fsp3) is 0.634. The number of aliphatic hydroxyl groups is 1. The van der Waals surface area contributed by atoms with Gasteiger partial charge in [-0.25, -0.2) is 9.78 Å². The summed E-state index contributed by atoms with van der Waals surface area (Å²) in [7, 11) is 0. The summed E-state index contributed by atoms with van der Waals surface area (Å²) >= 11 is 1.60. The minimum absolute atomic E-state index is 0.0897. The number of carbonyl (C=O) groups excluding carboxylic acids is 3. The standard InChI is InChI=1S/C41H57N7O6S/c1-25(2)35(38(51)48-19-31(49)16-32(48)37(50)43-26(3)29-8-10-30(11-9-29)36-27(4)42-24-55-36)33-17-34(44-54-33)47-22-41(23-47)20-45(21-41)18-28-12-14-46(15-13-28)39(52)53-40(5,6)7/h8-11,17,24-26,28,31-32,35,49H,12-16,18-23H2,1-7H3,(H,43,50)/t26-,31+,32-,35-/m0/s1. The molecule has 2 aromatic heterocycles. The highest BCUT2D eigenvalue weighted by atomic mass is 32.1. The predicted octanol–water partition coefficient (Wildman–Crippen LogP) is 5.45. The number of aryl methyl sites for hydroxylation is 1. The number of ether oxygens (including phenoxy) is 1. The van der Waals surface area contributed by atoms with Crippen LogP contribution in [0, 0.1) is 24.2 Å². The molecule has 1 aromatic carbocycles. The third-order valence-corrected chi connectivity index (χ3v) is 12.7. The van der Waals surface area contributed by atoms with Crippen LogP contribution in [0.2, 0.25) is 0 Å². The van der Waals surface area contributed by atoms with Crippen LogP contribution in [-0.2, 0) is 14.3 Å². The van der Waals surface area contributed by atoms with E-state index in [2.05, 4.69) is 25.3 Å². The van der Waals surface area contributed by atoms with Crippen LogP contribution in [0.4, 0.5) is 10.6 Å². The van der Waals surface area contributed by atoms with Crippen molar-refractivity contribution in [2.45, 2.75) is 97.4 Å². The zero-order valence-corrected chi connectivity index (χ0v) is 34.1. The Hall–Kier alpha value is -4.01. The molecule has 14 heteroatoms. The van der Waals surface area contributed by atoms with Gasteiger partial charge in [0.1, 0.15) is 17.6 Å². The maximum absolute atomic E-state index is 14.2. The first-order valence-electron chi connectivity index (χ1n) is 19.8. The Labute approximate surface area is 328 Å². The number of β-amino-alcohol motifs (C(OH)–C–C–N with tert-alkyl or cyclic N) is 1. The van der Waals surface area contributed by atoms with Crippen LogP contribution in [0.25, 0.3) is 10.4 Å². The highest BCUT2D eigenvalue weighted by Crippen LogP contribution is 2.43. The number of nitrogens with zero attached hydrogens (tertiary/aromatic N) is 6. The minimum atomic E-state index is -0.792. The number of carbonyl (C=O) groups is 3. The smallest absolute Gasteiger partial charge is 0.410 e. The van der Waals surface area contributed by atoms with Gasteiger partial charge in [-0.1, -0.05) is 43.3 Å². The normalized spacial score (nSPS) is 22.7. The van der Waals surface area contributed by atoms with Crippen molar-refractivity contribution in [3.8, 4) is 10.4 Å². The van der Waals surface area contributed by atoms with Crippen LogP contribution in [0.3, 0.4) is 0 Å². The third-order valence-electron chi connectivity index (χ3n) is 11.7. The molecule has 0 bridgehead atoms. The van der Waals surface area contributed by atoms with Gasteiger partial charge in [0.05, 0.1) is 28.2 Å². The van der Waals surface area contributed by atoms with Gasteiger partial charge in [-0.3, -0.25) is 9.59 Å². The zero-order valence-electron chi connectivity index (χ0n) is 33.3. The zero-order chi connectivity index (χ0) is 39.2. The van der Waals surface area contributed by atoms with Gasteiger partial charge in [0, 0.05) is 70.3 Å². The molecule has 4 fully saturated rings. The summed E-state index contributed by atoms with van der Waals surface area (Å²) in [5.74, 6) is 0.511. The van der Waals surface area contributed by atoms with E-state index in [9.17, 15) is 19.5 Å². The summed E-state index contributed by atoms with van der Waals surface area (Å²) in [5, 5.41) is 18.2. The number of rotatable bonds is 10. The number of likely N-dealkylation sites (tertiary alicyclic amines) is 3. The van der Waals surface area contributed by atoms with Gasteiger partial charge in [-0.05, 0) is 70.4 Å². The molecule has 4 atom stereocenters. The number of aliphatic hydroxyl groups excluding tert-OH is 1. The molecule has 13 nitrogen and oxygen atoms in total. The summed E-state index contributed by atoms with van der Waals surface area (Å²) in [5.41, 5.74) is 4.63. The molecule has 4 saturated heterocycles. The van der Waals surface area contributed by atoms with Crippen molar-refractivity contribution in [1.29, 1.82) is 0 Å². The van der Waals surface area contributed by atoms with Crippen molar-refractivity contribution in [2.75, 3.05) is 57.3 Å². The fourth-order valence-corrected chi connectivity index (χ4v) is 9.65. The van der Waals surface area contributed by atoms with Crippen molar-refractivity contribution in [3.05, 3.63) is 52.9 Å². The molecule has 4 aliphatic heterocycles. The summed E-state index contributed by atoms with van der Waals surface area (Å²) in [6.45, 7) is 20.1. The highest BCUT2D eigenvalue weighted by Gasteiger charge is 2.53. The van der Waals surface area contributed by atoms with Crippen LogP contribution in [0.15, 0.2) is 40.4 Å². The van der Waals surface area contributed by atoms with E-state index >= 15 is 0 Å². The first kappa shape index (κ1) is 39.2. The van der Waals surface area contributed by atoms with E-state index in [4.69, 9.17) is 9.26 Å². The third kappa shape index (κ3) is 8.56. The Morgan fingerprint density at radius 3 is 2.38 bits per heavy atom. The highest BCUT2D eigenvalue weighted by molar-refractivity contribution is 7.13. The average molecular weight is 776 g/mol. The van der Waals surface area contributed by atoms with Crippen LogP contribution in [0.5, 0.6) is 0 Å². The molecule has 0 radical (unpaired) electrons. The maximum Gasteiger partial charge on any atom is 0.410 e. The molecule has 298 valence electrons. The quantitative estimate of drug-likeness (QED) is 0.273. The summed E-state index contributed by atoms with van der Waals surface area (Å²) < 4.78 is 11.4. The van der Waals surface area contributed by atoms with Crippen molar-refractivity contribution in [1.82, 2.24) is 30.2 Å². The molecule has 6 heterocycles. The van der Waals surface area contributed by atoms with E-state index in [0.717, 1.165) is 86.2 Å². The lowest BCUT2D eigenvalue weighted by molar-refractivity contribution is -0.141. The largest absolute Gasteiger partial charge is 0.444 e. The van der Waals surface area contributed by atoms with Crippen LogP contribution in [0.1, 0.15) is 89.8 Å². The second-order valence-corrected chi connectivity index (χ2v) is 18.6. The van der Waals surface area contributed by atoms with Crippen molar-refractivity contribution >= 4 is 35.1 Å². The summed E-state index contributed by atoms with van der Waals surface area (Å²) in [4.78, 5) is 53.9. The Morgan fingerprint density at radius 2 is 1.76 bits per heavy atom. The van der Waals surface area contributed by atoms with Gasteiger partial charge in [0.25, 0.3) is 0 Å². The molecule has 0 aliphatic carbocycles. The second kappa shape index (κ2) is 15.5. The van der Waals surface area contributed by atoms with Crippen molar-refractivity contribution < 1.29 is 28.8 Å². The molecule has 4 aliphatic rings. The molecule has 55 heavy (non-hydrogen) atoms. The number of hydrogen-bond donors (Lipinski definition) is 2.